The van der Waals surface area contributed by atoms with Gasteiger partial charge in [0, 0.05) is 5.02 Å². The van der Waals surface area contributed by atoms with Gasteiger partial charge in [-0.1, -0.05) is 23.7 Å². The smallest absolute Gasteiger partial charge is 0.431 e. The molecule has 22 heavy (non-hydrogen) atoms. The van der Waals surface area contributed by atoms with Gasteiger partial charge in [-0.15, -0.1) is 0 Å². The third-order valence-electron chi connectivity index (χ3n) is 2.95. The van der Waals surface area contributed by atoms with Gasteiger partial charge in [0.05, 0.1) is 6.54 Å². The Morgan fingerprint density at radius 1 is 1.14 bits per heavy atom. The molecular formula is C14H9ClF3NO3. The molecule has 0 aliphatic carbocycles. The topological polar surface area (TPSA) is 59.3 Å². The van der Waals surface area contributed by atoms with E-state index in [1.165, 1.54) is 24.3 Å². The van der Waals surface area contributed by atoms with Crippen molar-refractivity contribution in [2.24, 2.45) is 0 Å². The number of hydrogen-bond acceptors (Lipinski definition) is 2. The van der Waals surface area contributed by atoms with Crippen LogP contribution in [0.1, 0.15) is 21.6 Å². The number of carboxylic acid groups (broad SMARTS) is 1. The Morgan fingerprint density at radius 2 is 1.73 bits per heavy atom. The lowest BCUT2D eigenvalue weighted by Gasteiger charge is -2.16. The minimum Gasteiger partial charge on any atom is -0.477 e. The van der Waals surface area contributed by atoms with Crippen LogP contribution < -0.4 is 5.56 Å². The van der Waals surface area contributed by atoms with Crippen molar-refractivity contribution in [1.29, 1.82) is 0 Å². The van der Waals surface area contributed by atoms with Crippen molar-refractivity contribution in [2.45, 2.75) is 12.7 Å². The molecule has 2 rings (SSSR count). The number of halogens is 4. The van der Waals surface area contributed by atoms with Crippen LogP contribution in [-0.2, 0) is 12.7 Å². The number of rotatable bonds is 3. The molecule has 0 unspecified atom stereocenters. The molecule has 0 aliphatic rings. The summed E-state index contributed by atoms with van der Waals surface area (Å²) in [4.78, 5) is 22.9. The van der Waals surface area contributed by atoms with Crippen LogP contribution in [0, 0.1) is 0 Å². The average molecular weight is 332 g/mol. The Balaban J connectivity index is 2.60. The third-order valence-corrected chi connectivity index (χ3v) is 3.20. The molecule has 1 heterocycles. The maximum atomic E-state index is 13.0. The average Bonchev–Trinajstić information content (AvgIpc) is 2.41. The fraction of sp³-hybridized carbons (Fsp3) is 0.143. The van der Waals surface area contributed by atoms with E-state index in [9.17, 15) is 22.8 Å². The quantitative estimate of drug-likeness (QED) is 0.939. The van der Waals surface area contributed by atoms with Gasteiger partial charge >= 0.3 is 12.1 Å². The Hall–Kier alpha value is -2.28. The molecule has 0 spiro atoms. The van der Waals surface area contributed by atoms with E-state index in [1.54, 1.807) is 0 Å². The van der Waals surface area contributed by atoms with Crippen molar-refractivity contribution in [2.75, 3.05) is 0 Å². The van der Waals surface area contributed by atoms with Gasteiger partial charge in [-0.05, 0) is 29.8 Å². The summed E-state index contributed by atoms with van der Waals surface area (Å²) in [5.74, 6) is -1.58. The molecule has 0 atom stereocenters. The first-order chi connectivity index (χ1) is 10.2. The minimum atomic E-state index is -4.78. The van der Waals surface area contributed by atoms with Crippen molar-refractivity contribution >= 4 is 17.6 Å². The maximum Gasteiger partial charge on any atom is 0.431 e. The Bertz CT molecular complexity index is 766. The van der Waals surface area contributed by atoms with Crippen LogP contribution in [0.4, 0.5) is 13.2 Å². The van der Waals surface area contributed by atoms with Gasteiger partial charge in [-0.25, -0.2) is 4.79 Å². The SMILES string of the molecule is O=C(O)c1ccc(C(F)(F)F)n(Cc2ccc(Cl)cc2)c1=O. The van der Waals surface area contributed by atoms with Crippen molar-refractivity contribution in [3.8, 4) is 0 Å². The lowest BCUT2D eigenvalue weighted by molar-refractivity contribution is -0.144. The summed E-state index contributed by atoms with van der Waals surface area (Å²) in [5.41, 5.74) is -2.75. The summed E-state index contributed by atoms with van der Waals surface area (Å²) in [5, 5.41) is 9.27. The molecule has 0 fully saturated rings. The van der Waals surface area contributed by atoms with Crippen LogP contribution in [0.3, 0.4) is 0 Å². The van der Waals surface area contributed by atoms with Crippen molar-refractivity contribution < 1.29 is 23.1 Å². The van der Waals surface area contributed by atoms with E-state index < -0.39 is 35.5 Å². The number of pyridine rings is 1. The summed E-state index contributed by atoms with van der Waals surface area (Å²) in [6.45, 7) is -0.411. The Labute approximate surface area is 127 Å². The molecule has 1 N–H and O–H groups in total. The molecule has 8 heteroatoms. The second-order valence-electron chi connectivity index (χ2n) is 4.45. The van der Waals surface area contributed by atoms with E-state index in [2.05, 4.69) is 0 Å². The zero-order chi connectivity index (χ0) is 16.5. The van der Waals surface area contributed by atoms with E-state index >= 15 is 0 Å². The van der Waals surface area contributed by atoms with Crippen molar-refractivity contribution in [1.82, 2.24) is 4.57 Å². The first kappa shape index (κ1) is 16.1. The summed E-state index contributed by atoms with van der Waals surface area (Å²) >= 11 is 5.69. The molecule has 0 saturated heterocycles. The van der Waals surface area contributed by atoms with Gasteiger partial charge in [0.2, 0.25) is 0 Å². The van der Waals surface area contributed by atoms with E-state index in [4.69, 9.17) is 16.7 Å². The van der Waals surface area contributed by atoms with E-state index in [-0.39, 0.29) is 0 Å². The van der Waals surface area contributed by atoms with Gasteiger partial charge in [-0.3, -0.25) is 9.36 Å². The van der Waals surface area contributed by atoms with E-state index in [0.29, 0.717) is 27.3 Å². The second kappa shape index (κ2) is 5.84. The highest BCUT2D eigenvalue weighted by molar-refractivity contribution is 6.30. The van der Waals surface area contributed by atoms with Crippen LogP contribution in [0.15, 0.2) is 41.2 Å². The lowest BCUT2D eigenvalue weighted by atomic mass is 10.2. The minimum absolute atomic E-state index is 0.388. The third kappa shape index (κ3) is 3.30. The van der Waals surface area contributed by atoms with Gasteiger partial charge < -0.3 is 5.11 Å². The highest BCUT2D eigenvalue weighted by Crippen LogP contribution is 2.29. The molecule has 0 amide bonds. The Kier molecular flexibility index (Phi) is 4.27. The van der Waals surface area contributed by atoms with Crippen LogP contribution >= 0.6 is 11.6 Å². The van der Waals surface area contributed by atoms with Gasteiger partial charge in [0.15, 0.2) is 0 Å². The summed E-state index contributed by atoms with van der Waals surface area (Å²) in [7, 11) is 0. The lowest BCUT2D eigenvalue weighted by Crippen LogP contribution is -2.32. The number of aromatic nitrogens is 1. The number of nitrogens with zero attached hydrogens (tertiary/aromatic N) is 1. The largest absolute Gasteiger partial charge is 0.477 e. The number of aromatic carboxylic acids is 1. The summed E-state index contributed by atoms with van der Waals surface area (Å²) < 4.78 is 39.4. The molecule has 116 valence electrons. The zero-order valence-electron chi connectivity index (χ0n) is 10.9. The fourth-order valence-electron chi connectivity index (χ4n) is 1.92. The van der Waals surface area contributed by atoms with E-state index in [1.807, 2.05) is 0 Å². The molecule has 0 aliphatic heterocycles. The van der Waals surface area contributed by atoms with Crippen LogP contribution in [0.25, 0.3) is 0 Å². The van der Waals surface area contributed by atoms with Crippen LogP contribution in [0.5, 0.6) is 0 Å². The monoisotopic (exact) mass is 331 g/mol. The predicted molar refractivity (Wildman–Crippen MR) is 73.2 cm³/mol. The molecule has 0 radical (unpaired) electrons. The highest BCUT2D eigenvalue weighted by Gasteiger charge is 2.35. The van der Waals surface area contributed by atoms with E-state index in [0.717, 1.165) is 0 Å². The summed E-state index contributed by atoms with van der Waals surface area (Å²) in [6.07, 6.45) is -4.78. The van der Waals surface area contributed by atoms with Gasteiger partial charge in [-0.2, -0.15) is 13.2 Å². The normalized spacial score (nSPS) is 11.5. The zero-order valence-corrected chi connectivity index (χ0v) is 11.6. The molecule has 4 nitrogen and oxygen atoms in total. The number of carboxylic acids is 1. The first-order valence-corrected chi connectivity index (χ1v) is 6.36. The predicted octanol–water partition coefficient (Wildman–Crippen LogP) is 3.27. The number of alkyl halides is 3. The van der Waals surface area contributed by atoms with Crippen molar-refractivity contribution in [3.63, 3.8) is 0 Å². The molecule has 0 bridgehead atoms. The number of carbonyl (C=O) groups is 1. The van der Waals surface area contributed by atoms with Crippen LogP contribution in [0.2, 0.25) is 5.02 Å². The summed E-state index contributed by atoms with van der Waals surface area (Å²) in [6, 6.07) is 7.10. The highest BCUT2D eigenvalue weighted by atomic mass is 35.5. The molecule has 2 aromatic rings. The first-order valence-electron chi connectivity index (χ1n) is 5.99. The fourth-order valence-corrected chi connectivity index (χ4v) is 2.04. The molecule has 0 saturated carbocycles. The number of hydrogen-bond donors (Lipinski definition) is 1. The molecule has 1 aromatic heterocycles. The standard InChI is InChI=1S/C14H9ClF3NO3/c15-9-3-1-8(2-4-9)7-19-11(14(16,17)18)6-5-10(12(19)20)13(21)22/h1-6H,7H2,(H,21,22). The van der Waals surface area contributed by atoms with Crippen molar-refractivity contribution in [3.05, 3.63) is 68.6 Å². The molecule has 1 aromatic carbocycles. The second-order valence-corrected chi connectivity index (χ2v) is 4.89. The maximum absolute atomic E-state index is 13.0. The Morgan fingerprint density at radius 3 is 2.23 bits per heavy atom. The molecular weight excluding hydrogens is 323 g/mol. The number of benzene rings is 1. The van der Waals surface area contributed by atoms with Gasteiger partial charge in [0.25, 0.3) is 5.56 Å². The van der Waals surface area contributed by atoms with Gasteiger partial charge in [0.1, 0.15) is 11.3 Å². The van der Waals surface area contributed by atoms with Crippen LogP contribution in [-0.4, -0.2) is 15.6 Å².